The number of anilines is 2. The van der Waals surface area contributed by atoms with Crippen molar-refractivity contribution in [1.29, 1.82) is 0 Å². The Hall–Kier alpha value is -3.52. The zero-order chi connectivity index (χ0) is 20.4. The molecule has 4 rings (SSSR count). The Bertz CT molecular complexity index is 1060. The molecule has 1 aromatic carbocycles. The molecule has 0 saturated carbocycles. The molecule has 0 saturated heterocycles. The van der Waals surface area contributed by atoms with E-state index >= 15 is 0 Å². The van der Waals surface area contributed by atoms with Gasteiger partial charge in [-0.1, -0.05) is 0 Å². The number of nitrogen functional groups attached to an aromatic ring is 1. The minimum Gasteiger partial charge on any atom is -0.396 e. The molecule has 7 nitrogen and oxygen atoms in total. The minimum absolute atomic E-state index is 0.269. The summed E-state index contributed by atoms with van der Waals surface area (Å²) in [6.07, 6.45) is 1.78. The van der Waals surface area contributed by atoms with Crippen LogP contribution in [-0.2, 0) is 24.4 Å². The normalized spacial score (nSPS) is 12.7. The SMILES string of the molecule is COCc1cc2c(cn1)CN(C(=O)Nc1nc(-c3ccc(F)cc3)ccc1N)C2. The summed E-state index contributed by atoms with van der Waals surface area (Å²) in [4.78, 5) is 23.2. The molecule has 29 heavy (non-hydrogen) atoms. The molecule has 0 unspecified atom stereocenters. The van der Waals surface area contributed by atoms with Gasteiger partial charge in [0.05, 0.1) is 23.7 Å². The van der Waals surface area contributed by atoms with Crippen molar-refractivity contribution < 1.29 is 13.9 Å². The van der Waals surface area contributed by atoms with Gasteiger partial charge in [-0.05, 0) is 53.6 Å². The molecule has 1 aliphatic rings. The van der Waals surface area contributed by atoms with Gasteiger partial charge in [0.15, 0.2) is 5.82 Å². The van der Waals surface area contributed by atoms with Gasteiger partial charge in [0, 0.05) is 32.0 Å². The number of urea groups is 1. The number of amides is 2. The largest absolute Gasteiger partial charge is 0.396 e. The highest BCUT2D eigenvalue weighted by Gasteiger charge is 2.25. The standard InChI is InChI=1S/C21H20FN5O2/c1-29-12-17-8-14-10-27(11-15(14)9-24-17)21(28)26-20-18(23)6-7-19(25-20)13-2-4-16(22)5-3-13/h2-9H,10-12,23H2,1H3,(H,25,26,28). The van der Waals surface area contributed by atoms with Crippen molar-refractivity contribution in [2.75, 3.05) is 18.2 Å². The number of methoxy groups -OCH3 is 1. The third kappa shape index (κ3) is 4.02. The maximum Gasteiger partial charge on any atom is 0.323 e. The number of nitrogens with two attached hydrogens (primary N) is 1. The van der Waals surface area contributed by atoms with E-state index in [0.717, 1.165) is 22.4 Å². The third-order valence-corrected chi connectivity index (χ3v) is 4.73. The molecule has 0 radical (unpaired) electrons. The van der Waals surface area contributed by atoms with Crippen LogP contribution in [-0.4, -0.2) is 28.0 Å². The summed E-state index contributed by atoms with van der Waals surface area (Å²) in [6.45, 7) is 1.35. The summed E-state index contributed by atoms with van der Waals surface area (Å²) in [5.74, 6) is -0.0551. The van der Waals surface area contributed by atoms with E-state index in [4.69, 9.17) is 10.5 Å². The highest BCUT2D eigenvalue weighted by atomic mass is 19.1. The monoisotopic (exact) mass is 393 g/mol. The number of halogens is 1. The molecule has 3 heterocycles. The number of hydrogen-bond acceptors (Lipinski definition) is 5. The molecule has 0 bridgehead atoms. The molecular weight excluding hydrogens is 373 g/mol. The van der Waals surface area contributed by atoms with Crippen molar-refractivity contribution in [3.63, 3.8) is 0 Å². The van der Waals surface area contributed by atoms with E-state index < -0.39 is 0 Å². The maximum absolute atomic E-state index is 13.2. The highest BCUT2D eigenvalue weighted by Crippen LogP contribution is 2.26. The Balaban J connectivity index is 1.50. The predicted octanol–water partition coefficient (Wildman–Crippen LogP) is 3.56. The molecule has 0 spiro atoms. The lowest BCUT2D eigenvalue weighted by atomic mass is 10.1. The second-order valence-electron chi connectivity index (χ2n) is 6.80. The first-order valence-corrected chi connectivity index (χ1v) is 9.07. The third-order valence-electron chi connectivity index (χ3n) is 4.73. The van der Waals surface area contributed by atoms with Crippen molar-refractivity contribution in [2.45, 2.75) is 19.7 Å². The van der Waals surface area contributed by atoms with Crippen LogP contribution in [0.15, 0.2) is 48.7 Å². The lowest BCUT2D eigenvalue weighted by Crippen LogP contribution is -2.30. The number of aromatic nitrogens is 2. The van der Waals surface area contributed by atoms with Gasteiger partial charge in [0.25, 0.3) is 0 Å². The van der Waals surface area contributed by atoms with Gasteiger partial charge in [0.2, 0.25) is 0 Å². The van der Waals surface area contributed by atoms with Gasteiger partial charge in [0.1, 0.15) is 5.82 Å². The number of fused-ring (bicyclic) bond motifs is 1. The average Bonchev–Trinajstić information content (AvgIpc) is 3.14. The lowest BCUT2D eigenvalue weighted by molar-refractivity contribution is 0.181. The molecule has 2 aromatic heterocycles. The Morgan fingerprint density at radius 2 is 1.97 bits per heavy atom. The van der Waals surface area contributed by atoms with Crippen LogP contribution in [0.4, 0.5) is 20.7 Å². The molecule has 1 aliphatic heterocycles. The van der Waals surface area contributed by atoms with Crippen LogP contribution >= 0.6 is 0 Å². The summed E-state index contributed by atoms with van der Waals surface area (Å²) in [5, 5.41) is 2.78. The fourth-order valence-corrected chi connectivity index (χ4v) is 3.23. The molecule has 3 N–H and O–H groups in total. The average molecular weight is 393 g/mol. The van der Waals surface area contributed by atoms with Crippen LogP contribution in [0.25, 0.3) is 11.3 Å². The topological polar surface area (TPSA) is 93.4 Å². The van der Waals surface area contributed by atoms with E-state index in [1.165, 1.54) is 12.1 Å². The maximum atomic E-state index is 13.2. The Labute approximate surface area is 167 Å². The van der Waals surface area contributed by atoms with E-state index in [1.54, 1.807) is 42.5 Å². The zero-order valence-electron chi connectivity index (χ0n) is 15.9. The van der Waals surface area contributed by atoms with Gasteiger partial charge in [-0.15, -0.1) is 0 Å². The van der Waals surface area contributed by atoms with Crippen molar-refractivity contribution in [2.24, 2.45) is 0 Å². The second-order valence-corrected chi connectivity index (χ2v) is 6.80. The number of carbonyl (C=O) groups excluding carboxylic acids is 1. The molecule has 3 aromatic rings. The summed E-state index contributed by atoms with van der Waals surface area (Å²) >= 11 is 0. The van der Waals surface area contributed by atoms with E-state index in [2.05, 4.69) is 15.3 Å². The smallest absolute Gasteiger partial charge is 0.323 e. The van der Waals surface area contributed by atoms with Gasteiger partial charge in [-0.25, -0.2) is 14.2 Å². The van der Waals surface area contributed by atoms with Crippen LogP contribution in [0.2, 0.25) is 0 Å². The first-order chi connectivity index (χ1) is 14.0. The number of benzene rings is 1. The van der Waals surface area contributed by atoms with Crippen LogP contribution < -0.4 is 11.1 Å². The second kappa shape index (κ2) is 7.84. The van der Waals surface area contributed by atoms with Crippen LogP contribution in [0.5, 0.6) is 0 Å². The van der Waals surface area contributed by atoms with Crippen molar-refractivity contribution in [1.82, 2.24) is 14.9 Å². The molecule has 0 fully saturated rings. The molecule has 148 valence electrons. The van der Waals surface area contributed by atoms with E-state index in [9.17, 15) is 9.18 Å². The first-order valence-electron chi connectivity index (χ1n) is 9.07. The van der Waals surface area contributed by atoms with Gasteiger partial charge < -0.3 is 15.4 Å². The summed E-state index contributed by atoms with van der Waals surface area (Å²) < 4.78 is 18.3. The van der Waals surface area contributed by atoms with Crippen LogP contribution in [0, 0.1) is 5.82 Å². The Kier molecular flexibility index (Phi) is 5.09. The molecule has 0 atom stereocenters. The van der Waals surface area contributed by atoms with Gasteiger partial charge in [-0.2, -0.15) is 0 Å². The minimum atomic E-state index is -0.325. The molecule has 0 aliphatic carbocycles. The number of carbonyl (C=O) groups is 1. The number of nitrogens with zero attached hydrogens (tertiary/aromatic N) is 3. The Morgan fingerprint density at radius 1 is 1.21 bits per heavy atom. The number of hydrogen-bond donors (Lipinski definition) is 2. The number of ether oxygens (including phenoxy) is 1. The predicted molar refractivity (Wildman–Crippen MR) is 107 cm³/mol. The number of pyridine rings is 2. The van der Waals surface area contributed by atoms with Crippen molar-refractivity contribution >= 4 is 17.5 Å². The quantitative estimate of drug-likeness (QED) is 0.707. The van der Waals surface area contributed by atoms with Gasteiger partial charge >= 0.3 is 6.03 Å². The van der Waals surface area contributed by atoms with E-state index in [-0.39, 0.29) is 17.7 Å². The fraction of sp³-hybridized carbons (Fsp3) is 0.190. The van der Waals surface area contributed by atoms with Gasteiger partial charge in [-0.3, -0.25) is 10.3 Å². The van der Waals surface area contributed by atoms with E-state index in [1.807, 2.05) is 6.07 Å². The lowest BCUT2D eigenvalue weighted by Gasteiger charge is -2.17. The van der Waals surface area contributed by atoms with Crippen molar-refractivity contribution in [3.05, 3.63) is 71.3 Å². The Morgan fingerprint density at radius 3 is 2.72 bits per heavy atom. The number of nitrogens with one attached hydrogen (secondary N) is 1. The summed E-state index contributed by atoms with van der Waals surface area (Å²) in [5.41, 5.74) is 10.5. The molecule has 8 heteroatoms. The fourth-order valence-electron chi connectivity index (χ4n) is 3.23. The molecule has 2 amide bonds. The molecular formula is C21H20FN5O2. The number of rotatable bonds is 4. The van der Waals surface area contributed by atoms with Crippen LogP contribution in [0.1, 0.15) is 16.8 Å². The summed E-state index contributed by atoms with van der Waals surface area (Å²) in [6, 6.07) is 11.0. The van der Waals surface area contributed by atoms with Crippen molar-refractivity contribution in [3.8, 4) is 11.3 Å². The first kappa shape index (κ1) is 18.8. The van der Waals surface area contributed by atoms with Crippen LogP contribution in [0.3, 0.4) is 0 Å². The van der Waals surface area contributed by atoms with E-state index in [0.29, 0.717) is 31.1 Å². The highest BCUT2D eigenvalue weighted by molar-refractivity contribution is 5.92. The zero-order valence-corrected chi connectivity index (χ0v) is 15.9. The summed E-state index contributed by atoms with van der Waals surface area (Å²) in [7, 11) is 1.62.